The molecule has 1 heterocycles. The Labute approximate surface area is 131 Å². The first kappa shape index (κ1) is 13.7. The summed E-state index contributed by atoms with van der Waals surface area (Å²) in [7, 11) is 0. The Morgan fingerprint density at radius 1 is 1.10 bits per heavy atom. The number of fused-ring (bicyclic) bond motifs is 1. The molecule has 0 radical (unpaired) electrons. The fourth-order valence-electron chi connectivity index (χ4n) is 2.23. The number of para-hydroxylation sites is 1. The SMILES string of the molecule is CC(Cl)c1nc2cc(Cl)ccc2n1-c1ccccc1Cl. The van der Waals surface area contributed by atoms with Crippen LogP contribution < -0.4 is 0 Å². The summed E-state index contributed by atoms with van der Waals surface area (Å²) < 4.78 is 1.98. The van der Waals surface area contributed by atoms with Crippen LogP contribution in [-0.4, -0.2) is 9.55 Å². The molecule has 5 heteroatoms. The van der Waals surface area contributed by atoms with E-state index in [2.05, 4.69) is 4.98 Å². The molecule has 3 rings (SSSR count). The lowest BCUT2D eigenvalue weighted by Crippen LogP contribution is -2.02. The van der Waals surface area contributed by atoms with Gasteiger partial charge in [0, 0.05) is 5.02 Å². The second kappa shape index (κ2) is 5.28. The average molecular weight is 326 g/mol. The van der Waals surface area contributed by atoms with Crippen LogP contribution in [0.5, 0.6) is 0 Å². The summed E-state index contributed by atoms with van der Waals surface area (Å²) in [5.74, 6) is 0.747. The predicted molar refractivity (Wildman–Crippen MR) is 85.4 cm³/mol. The van der Waals surface area contributed by atoms with Crippen molar-refractivity contribution >= 4 is 45.8 Å². The Bertz CT molecular complexity index is 778. The van der Waals surface area contributed by atoms with Gasteiger partial charge in [-0.2, -0.15) is 0 Å². The van der Waals surface area contributed by atoms with Gasteiger partial charge in [-0.25, -0.2) is 4.98 Å². The Morgan fingerprint density at radius 3 is 2.55 bits per heavy atom. The molecule has 0 aliphatic carbocycles. The monoisotopic (exact) mass is 324 g/mol. The van der Waals surface area contributed by atoms with Gasteiger partial charge >= 0.3 is 0 Å². The van der Waals surface area contributed by atoms with Crippen LogP contribution in [0.1, 0.15) is 18.1 Å². The van der Waals surface area contributed by atoms with Crippen molar-refractivity contribution in [3.05, 3.63) is 58.3 Å². The number of benzene rings is 2. The van der Waals surface area contributed by atoms with E-state index in [-0.39, 0.29) is 5.38 Å². The summed E-state index contributed by atoms with van der Waals surface area (Å²) in [4.78, 5) is 4.58. The van der Waals surface area contributed by atoms with E-state index < -0.39 is 0 Å². The lowest BCUT2D eigenvalue weighted by atomic mass is 10.2. The molecule has 0 amide bonds. The van der Waals surface area contributed by atoms with Crippen molar-refractivity contribution in [1.82, 2.24) is 9.55 Å². The minimum Gasteiger partial charge on any atom is -0.294 e. The number of alkyl halides is 1. The first-order valence-corrected chi connectivity index (χ1v) is 7.34. The van der Waals surface area contributed by atoms with Crippen LogP contribution in [0.4, 0.5) is 0 Å². The number of imidazole rings is 1. The van der Waals surface area contributed by atoms with E-state index >= 15 is 0 Å². The Hall–Kier alpha value is -1.22. The van der Waals surface area contributed by atoms with Gasteiger partial charge in [-0.3, -0.25) is 4.57 Å². The maximum absolute atomic E-state index is 6.31. The summed E-state index contributed by atoms with van der Waals surface area (Å²) >= 11 is 18.6. The molecule has 1 unspecified atom stereocenters. The highest BCUT2D eigenvalue weighted by Gasteiger charge is 2.17. The van der Waals surface area contributed by atoms with E-state index in [1.54, 1.807) is 0 Å². The molecule has 20 heavy (non-hydrogen) atoms. The quantitative estimate of drug-likeness (QED) is 0.558. The van der Waals surface area contributed by atoms with Crippen LogP contribution in [0.3, 0.4) is 0 Å². The first-order chi connectivity index (χ1) is 9.58. The third kappa shape index (κ3) is 2.28. The maximum atomic E-state index is 6.31. The van der Waals surface area contributed by atoms with Crippen LogP contribution >= 0.6 is 34.8 Å². The molecule has 2 nitrogen and oxygen atoms in total. The second-order valence-corrected chi connectivity index (χ2v) is 6.00. The topological polar surface area (TPSA) is 17.8 Å². The molecule has 102 valence electrons. The predicted octanol–water partition coefficient (Wildman–Crippen LogP) is 5.63. The van der Waals surface area contributed by atoms with Gasteiger partial charge in [0.1, 0.15) is 5.82 Å². The average Bonchev–Trinajstić information content (AvgIpc) is 2.78. The highest BCUT2D eigenvalue weighted by molar-refractivity contribution is 6.32. The smallest absolute Gasteiger partial charge is 0.132 e. The van der Waals surface area contributed by atoms with Crippen molar-refractivity contribution in [3.63, 3.8) is 0 Å². The number of rotatable bonds is 2. The maximum Gasteiger partial charge on any atom is 0.132 e. The van der Waals surface area contributed by atoms with Crippen LogP contribution in [0.2, 0.25) is 10.0 Å². The van der Waals surface area contributed by atoms with Crippen LogP contribution in [0.15, 0.2) is 42.5 Å². The largest absolute Gasteiger partial charge is 0.294 e. The molecular weight excluding hydrogens is 315 g/mol. The Morgan fingerprint density at radius 2 is 1.85 bits per heavy atom. The minimum absolute atomic E-state index is 0.238. The zero-order chi connectivity index (χ0) is 14.3. The molecule has 3 aromatic rings. The van der Waals surface area contributed by atoms with Gasteiger partial charge in [0.2, 0.25) is 0 Å². The normalized spacial score (nSPS) is 12.8. The molecule has 2 aromatic carbocycles. The lowest BCUT2D eigenvalue weighted by Gasteiger charge is -2.12. The molecule has 0 saturated heterocycles. The van der Waals surface area contributed by atoms with Crippen molar-refractivity contribution < 1.29 is 0 Å². The molecule has 0 bridgehead atoms. The summed E-state index contributed by atoms with van der Waals surface area (Å²) in [6.45, 7) is 1.89. The van der Waals surface area contributed by atoms with E-state index in [1.165, 1.54) is 0 Å². The highest BCUT2D eigenvalue weighted by atomic mass is 35.5. The van der Waals surface area contributed by atoms with Crippen molar-refractivity contribution in [1.29, 1.82) is 0 Å². The van der Waals surface area contributed by atoms with E-state index in [0.29, 0.717) is 10.0 Å². The molecule has 0 saturated carbocycles. The van der Waals surface area contributed by atoms with Crippen molar-refractivity contribution in [2.45, 2.75) is 12.3 Å². The Balaban J connectivity index is 2.38. The molecule has 0 fully saturated rings. The molecule has 1 aromatic heterocycles. The Kier molecular flexibility index (Phi) is 3.63. The van der Waals surface area contributed by atoms with Crippen molar-refractivity contribution in [2.75, 3.05) is 0 Å². The van der Waals surface area contributed by atoms with Crippen LogP contribution in [-0.2, 0) is 0 Å². The van der Waals surface area contributed by atoms with Gasteiger partial charge in [-0.15, -0.1) is 11.6 Å². The van der Waals surface area contributed by atoms with Crippen molar-refractivity contribution in [2.24, 2.45) is 0 Å². The van der Waals surface area contributed by atoms with Crippen LogP contribution in [0, 0.1) is 0 Å². The first-order valence-electron chi connectivity index (χ1n) is 6.15. The summed E-state index contributed by atoms with van der Waals surface area (Å²) in [6.07, 6.45) is 0. The van der Waals surface area contributed by atoms with Gasteiger partial charge < -0.3 is 0 Å². The van der Waals surface area contributed by atoms with E-state index in [0.717, 1.165) is 22.5 Å². The molecular formula is C15H11Cl3N2. The van der Waals surface area contributed by atoms with Crippen LogP contribution in [0.25, 0.3) is 16.7 Å². The summed E-state index contributed by atoms with van der Waals surface area (Å²) in [6, 6.07) is 13.2. The highest BCUT2D eigenvalue weighted by Crippen LogP contribution is 2.32. The van der Waals surface area contributed by atoms with Gasteiger partial charge in [0.25, 0.3) is 0 Å². The van der Waals surface area contributed by atoms with Gasteiger partial charge in [0.05, 0.1) is 27.1 Å². The molecule has 0 aliphatic heterocycles. The number of nitrogens with zero attached hydrogens (tertiary/aromatic N) is 2. The third-order valence-corrected chi connectivity index (χ3v) is 3.84. The molecule has 0 aliphatic rings. The number of hydrogen-bond donors (Lipinski definition) is 0. The summed E-state index contributed by atoms with van der Waals surface area (Å²) in [5, 5.41) is 1.06. The van der Waals surface area contributed by atoms with E-state index in [4.69, 9.17) is 34.8 Å². The fraction of sp³-hybridized carbons (Fsp3) is 0.133. The zero-order valence-electron chi connectivity index (χ0n) is 10.6. The number of aromatic nitrogens is 2. The zero-order valence-corrected chi connectivity index (χ0v) is 12.9. The third-order valence-electron chi connectivity index (χ3n) is 3.09. The van der Waals surface area contributed by atoms with Gasteiger partial charge in [-0.1, -0.05) is 35.3 Å². The van der Waals surface area contributed by atoms with E-state index in [1.807, 2.05) is 54.0 Å². The van der Waals surface area contributed by atoms with Crippen molar-refractivity contribution in [3.8, 4) is 5.69 Å². The number of hydrogen-bond acceptors (Lipinski definition) is 1. The van der Waals surface area contributed by atoms with Gasteiger partial charge in [-0.05, 0) is 37.3 Å². The minimum atomic E-state index is -0.238. The number of halogens is 3. The summed E-state index contributed by atoms with van der Waals surface area (Å²) in [5.41, 5.74) is 2.60. The standard InChI is InChI=1S/C15H11Cl3N2/c1-9(16)15-19-12-8-10(17)6-7-14(12)20(15)13-5-3-2-4-11(13)18/h2-9H,1H3. The fourth-order valence-corrected chi connectivity index (χ4v) is 2.76. The van der Waals surface area contributed by atoms with Gasteiger partial charge in [0.15, 0.2) is 0 Å². The molecule has 0 spiro atoms. The second-order valence-electron chi connectivity index (χ2n) is 4.51. The molecule has 1 atom stereocenters. The molecule has 0 N–H and O–H groups in total. The van der Waals surface area contributed by atoms with E-state index in [9.17, 15) is 0 Å². The lowest BCUT2D eigenvalue weighted by molar-refractivity contribution is 0.883.